The number of hydrogen-bond donors (Lipinski definition) is 0. The SMILES string of the molecule is CC1(C)c2ccc(N(c3ccc4c(c3)C3(c5ccccc5-c5ccccc53)c3cc(-c5cc(-c6ccccc6)cc(-c6ccccc6)c5)ccc3-4)c3ccccc3-c3ccccc3)cc2C2(C)C=CC=CC12. The van der Waals surface area contributed by atoms with Gasteiger partial charge in [-0.05, 0) is 161 Å². The smallest absolute Gasteiger partial charge is 0.0726 e. The number of fused-ring (bicyclic) bond motifs is 13. The van der Waals surface area contributed by atoms with Crippen molar-refractivity contribution < 1.29 is 0 Å². The second-order valence-corrected chi connectivity index (χ2v) is 21.0. The van der Waals surface area contributed by atoms with Crippen molar-refractivity contribution in [1.29, 1.82) is 0 Å². The molecule has 0 bridgehead atoms. The minimum atomic E-state index is -0.574. The maximum absolute atomic E-state index is 2.55. The molecular formula is C71H53N. The van der Waals surface area contributed by atoms with E-state index in [1.165, 1.54) is 100 Å². The van der Waals surface area contributed by atoms with Crippen molar-refractivity contribution in [2.75, 3.05) is 4.90 Å². The largest absolute Gasteiger partial charge is 0.310 e. The normalized spacial score (nSPS) is 17.7. The van der Waals surface area contributed by atoms with E-state index in [1.807, 2.05) is 0 Å². The number of nitrogens with zero attached hydrogens (tertiary/aromatic N) is 1. The molecule has 0 saturated carbocycles. The van der Waals surface area contributed by atoms with E-state index in [1.54, 1.807) is 0 Å². The third-order valence-electron chi connectivity index (χ3n) is 16.9. The second kappa shape index (κ2) is 16.0. The summed E-state index contributed by atoms with van der Waals surface area (Å²) in [7, 11) is 0. The number of benzene rings is 10. The summed E-state index contributed by atoms with van der Waals surface area (Å²) in [5, 5.41) is 0. The maximum Gasteiger partial charge on any atom is 0.0726 e. The van der Waals surface area contributed by atoms with Crippen LogP contribution in [-0.2, 0) is 16.2 Å². The zero-order valence-corrected chi connectivity index (χ0v) is 40.9. The lowest BCUT2D eigenvalue weighted by Gasteiger charge is -2.36. The Labute approximate surface area is 423 Å². The molecule has 0 radical (unpaired) electrons. The first kappa shape index (κ1) is 42.4. The second-order valence-electron chi connectivity index (χ2n) is 21.0. The van der Waals surface area contributed by atoms with Gasteiger partial charge in [0.2, 0.25) is 0 Å². The molecule has 1 nitrogen and oxygen atoms in total. The van der Waals surface area contributed by atoms with Gasteiger partial charge in [0.1, 0.15) is 0 Å². The van der Waals surface area contributed by atoms with Gasteiger partial charge in [0.25, 0.3) is 0 Å². The summed E-state index contributed by atoms with van der Waals surface area (Å²) in [6.45, 7) is 7.29. The van der Waals surface area contributed by atoms with Gasteiger partial charge < -0.3 is 4.90 Å². The number of allylic oxidation sites excluding steroid dienone is 4. The van der Waals surface area contributed by atoms with Crippen LogP contribution in [-0.4, -0.2) is 0 Å². The van der Waals surface area contributed by atoms with Crippen molar-refractivity contribution in [1.82, 2.24) is 0 Å². The van der Waals surface area contributed by atoms with Crippen LogP contribution in [0.5, 0.6) is 0 Å². The van der Waals surface area contributed by atoms with Crippen LogP contribution < -0.4 is 4.90 Å². The number of hydrogen-bond acceptors (Lipinski definition) is 1. The lowest BCUT2D eigenvalue weighted by atomic mass is 9.67. The monoisotopic (exact) mass is 919 g/mol. The Balaban J connectivity index is 1.02. The van der Waals surface area contributed by atoms with Gasteiger partial charge in [0.05, 0.1) is 11.1 Å². The fourth-order valence-electron chi connectivity index (χ4n) is 13.6. The zero-order chi connectivity index (χ0) is 48.2. The molecule has 0 N–H and O–H groups in total. The quantitative estimate of drug-likeness (QED) is 0.154. The summed E-state index contributed by atoms with van der Waals surface area (Å²) in [6.07, 6.45) is 9.37. The molecule has 72 heavy (non-hydrogen) atoms. The van der Waals surface area contributed by atoms with E-state index in [0.717, 1.165) is 17.1 Å². The van der Waals surface area contributed by atoms with Crippen LogP contribution in [0.25, 0.3) is 66.8 Å². The van der Waals surface area contributed by atoms with E-state index >= 15 is 0 Å². The highest BCUT2D eigenvalue weighted by atomic mass is 15.1. The highest BCUT2D eigenvalue weighted by Gasteiger charge is 2.53. The lowest BCUT2D eigenvalue weighted by molar-refractivity contribution is 0.324. The molecule has 1 heteroatoms. The molecule has 342 valence electrons. The van der Waals surface area contributed by atoms with E-state index in [2.05, 4.69) is 287 Å². The average molecular weight is 920 g/mol. The zero-order valence-electron chi connectivity index (χ0n) is 40.9. The lowest BCUT2D eigenvalue weighted by Crippen LogP contribution is -2.34. The minimum absolute atomic E-state index is 0.0174. The van der Waals surface area contributed by atoms with Gasteiger partial charge >= 0.3 is 0 Å². The average Bonchev–Trinajstić information content (AvgIpc) is 3.98. The van der Waals surface area contributed by atoms with Gasteiger partial charge in [-0.1, -0.05) is 227 Å². The Bertz CT molecular complexity index is 3750. The Morgan fingerprint density at radius 3 is 1.42 bits per heavy atom. The first-order valence-electron chi connectivity index (χ1n) is 25.5. The van der Waals surface area contributed by atoms with Gasteiger partial charge in [-0.15, -0.1) is 0 Å². The fourth-order valence-corrected chi connectivity index (χ4v) is 13.6. The Kier molecular flexibility index (Phi) is 9.42. The predicted octanol–water partition coefficient (Wildman–Crippen LogP) is 18.5. The summed E-state index contributed by atoms with van der Waals surface area (Å²) >= 11 is 0. The molecule has 0 aliphatic heterocycles. The third kappa shape index (κ3) is 6.13. The van der Waals surface area contributed by atoms with Crippen LogP contribution in [0.4, 0.5) is 17.1 Å². The topological polar surface area (TPSA) is 3.24 Å². The summed E-state index contributed by atoms with van der Waals surface area (Å²) < 4.78 is 0. The van der Waals surface area contributed by atoms with E-state index in [4.69, 9.17) is 0 Å². The molecule has 14 rings (SSSR count). The molecule has 2 unspecified atom stereocenters. The molecule has 0 amide bonds. The molecule has 1 spiro atoms. The summed E-state index contributed by atoms with van der Waals surface area (Å²) in [4.78, 5) is 2.55. The highest BCUT2D eigenvalue weighted by molar-refractivity contribution is 5.98. The van der Waals surface area contributed by atoms with Gasteiger partial charge in [0, 0.05) is 22.4 Å². The first-order valence-corrected chi connectivity index (χ1v) is 25.5. The standard InChI is InChI=1S/C71H53N/c1-69(2)63-39-36-55(46-66(63)70(3)40-20-19-33-68(69)70)72(67-32-18-15-27-56(67)49-25-11-6-12-26-49)54-35-38-60-59-37-34-50(53-42-51(47-21-7-4-8-22-47)41-52(43-53)48-23-9-5-10-24-48)44-64(59)71(65(60)45-54)61-30-16-13-28-57(61)58-29-14-17-31-62(58)71/h4-46,68H,1-3H3. The van der Waals surface area contributed by atoms with Crippen LogP contribution in [0.3, 0.4) is 0 Å². The van der Waals surface area contributed by atoms with Gasteiger partial charge in [-0.3, -0.25) is 0 Å². The third-order valence-corrected chi connectivity index (χ3v) is 16.9. The Hall–Kier alpha value is -8.52. The summed E-state index contributed by atoms with van der Waals surface area (Å²) in [5.74, 6) is 0.363. The van der Waals surface area contributed by atoms with Crippen LogP contribution in [0.15, 0.2) is 261 Å². The molecule has 0 saturated heterocycles. The fraction of sp³-hybridized carbons (Fsp3) is 0.0986. The molecule has 4 aliphatic carbocycles. The summed E-state index contributed by atoms with van der Waals surface area (Å²) in [6, 6.07) is 88.9. The van der Waals surface area contributed by atoms with Crippen molar-refractivity contribution in [3.05, 3.63) is 294 Å². The molecular weight excluding hydrogens is 867 g/mol. The molecule has 0 fully saturated rings. The van der Waals surface area contributed by atoms with Gasteiger partial charge in [-0.25, -0.2) is 0 Å². The van der Waals surface area contributed by atoms with Crippen molar-refractivity contribution in [2.45, 2.75) is 37.0 Å². The van der Waals surface area contributed by atoms with Crippen LogP contribution in [0.1, 0.15) is 54.2 Å². The minimum Gasteiger partial charge on any atom is -0.310 e. The number of rotatable bonds is 7. The van der Waals surface area contributed by atoms with E-state index in [9.17, 15) is 0 Å². The van der Waals surface area contributed by atoms with Crippen LogP contribution in [0, 0.1) is 5.92 Å². The van der Waals surface area contributed by atoms with Gasteiger partial charge in [0.15, 0.2) is 0 Å². The van der Waals surface area contributed by atoms with Crippen molar-refractivity contribution in [3.63, 3.8) is 0 Å². The Morgan fingerprint density at radius 2 is 0.792 bits per heavy atom. The van der Waals surface area contributed by atoms with E-state index in [-0.39, 0.29) is 10.8 Å². The molecule has 10 aromatic rings. The highest BCUT2D eigenvalue weighted by Crippen LogP contribution is 2.64. The molecule has 0 aromatic heterocycles. The van der Waals surface area contributed by atoms with Crippen LogP contribution >= 0.6 is 0 Å². The van der Waals surface area contributed by atoms with Crippen molar-refractivity contribution >= 4 is 17.1 Å². The predicted molar refractivity (Wildman–Crippen MR) is 301 cm³/mol. The Morgan fingerprint density at radius 1 is 0.319 bits per heavy atom. The molecule has 4 aliphatic rings. The number of para-hydroxylation sites is 1. The molecule has 10 aromatic carbocycles. The van der Waals surface area contributed by atoms with Crippen LogP contribution in [0.2, 0.25) is 0 Å². The first-order chi connectivity index (χ1) is 35.3. The number of anilines is 3. The van der Waals surface area contributed by atoms with Gasteiger partial charge in [-0.2, -0.15) is 0 Å². The summed E-state index contributed by atoms with van der Waals surface area (Å²) in [5.41, 5.74) is 25.6. The molecule has 0 heterocycles. The van der Waals surface area contributed by atoms with Crippen molar-refractivity contribution in [3.8, 4) is 66.8 Å². The maximum atomic E-state index is 2.55. The van der Waals surface area contributed by atoms with Crippen molar-refractivity contribution in [2.24, 2.45) is 5.92 Å². The molecule has 2 atom stereocenters. The van der Waals surface area contributed by atoms with E-state index in [0.29, 0.717) is 5.92 Å². The van der Waals surface area contributed by atoms with E-state index < -0.39 is 5.41 Å².